The summed E-state index contributed by atoms with van der Waals surface area (Å²) in [5, 5.41) is -0.891. The Kier molecular flexibility index (Phi) is 3.44. The highest BCUT2D eigenvalue weighted by molar-refractivity contribution is 8.00. The Morgan fingerprint density at radius 1 is 1.29 bits per heavy atom. The maximum absolute atomic E-state index is 12.0. The molecule has 0 spiro atoms. The van der Waals surface area contributed by atoms with Crippen LogP contribution in [0.15, 0.2) is 29.2 Å². The molecule has 1 rings (SSSR count). The van der Waals surface area contributed by atoms with Crippen LogP contribution in [0.1, 0.15) is 10.4 Å². The summed E-state index contributed by atoms with van der Waals surface area (Å²) in [5.41, 5.74) is -4.54. The standard InChI is InChI=1S/C8H4ClF3OS/c9-7(13)5-3-1-2-4-6(5)14-8(10,11)12/h1-4H. The van der Waals surface area contributed by atoms with Gasteiger partial charge in [-0.3, -0.25) is 4.79 Å². The van der Waals surface area contributed by atoms with E-state index in [9.17, 15) is 18.0 Å². The maximum atomic E-state index is 12.0. The lowest BCUT2D eigenvalue weighted by Gasteiger charge is -2.07. The number of alkyl halides is 3. The molecular weight excluding hydrogens is 237 g/mol. The molecule has 6 heteroatoms. The molecule has 1 nitrogen and oxygen atoms in total. The van der Waals surface area contributed by atoms with Crippen LogP contribution in [0.2, 0.25) is 0 Å². The molecule has 0 atom stereocenters. The molecule has 14 heavy (non-hydrogen) atoms. The third kappa shape index (κ3) is 3.23. The third-order valence-electron chi connectivity index (χ3n) is 1.32. The number of rotatable bonds is 2. The van der Waals surface area contributed by atoms with Gasteiger partial charge in [-0.05, 0) is 35.5 Å². The summed E-state index contributed by atoms with van der Waals surface area (Å²) >= 11 is 4.77. The molecule has 0 saturated carbocycles. The number of halogens is 4. The van der Waals surface area contributed by atoms with Gasteiger partial charge in [0.2, 0.25) is 0 Å². The van der Waals surface area contributed by atoms with E-state index in [2.05, 4.69) is 0 Å². The lowest BCUT2D eigenvalue weighted by atomic mass is 10.2. The van der Waals surface area contributed by atoms with Crippen molar-refractivity contribution in [3.05, 3.63) is 29.8 Å². The fraction of sp³-hybridized carbons (Fsp3) is 0.125. The molecule has 0 heterocycles. The van der Waals surface area contributed by atoms with Crippen molar-refractivity contribution in [2.45, 2.75) is 10.4 Å². The zero-order chi connectivity index (χ0) is 10.8. The van der Waals surface area contributed by atoms with Crippen LogP contribution in [0.4, 0.5) is 13.2 Å². The van der Waals surface area contributed by atoms with Crippen LogP contribution in [0.3, 0.4) is 0 Å². The number of hydrogen-bond acceptors (Lipinski definition) is 2. The van der Waals surface area contributed by atoms with Gasteiger partial charge in [-0.25, -0.2) is 0 Å². The summed E-state index contributed by atoms with van der Waals surface area (Å²) in [4.78, 5) is 10.6. The van der Waals surface area contributed by atoms with E-state index in [0.717, 1.165) is 0 Å². The zero-order valence-corrected chi connectivity index (χ0v) is 8.21. The van der Waals surface area contributed by atoms with Crippen LogP contribution in [0.25, 0.3) is 0 Å². The van der Waals surface area contributed by atoms with Crippen LogP contribution in [-0.4, -0.2) is 10.8 Å². The van der Waals surface area contributed by atoms with E-state index in [-0.39, 0.29) is 22.2 Å². The molecule has 0 aliphatic carbocycles. The zero-order valence-electron chi connectivity index (χ0n) is 6.64. The van der Waals surface area contributed by atoms with E-state index in [4.69, 9.17) is 11.6 Å². The second-order valence-corrected chi connectivity index (χ2v) is 3.77. The fourth-order valence-corrected chi connectivity index (χ4v) is 1.73. The topological polar surface area (TPSA) is 17.1 Å². The van der Waals surface area contributed by atoms with Crippen molar-refractivity contribution in [1.29, 1.82) is 0 Å². The predicted octanol–water partition coefficient (Wildman–Crippen LogP) is 3.68. The van der Waals surface area contributed by atoms with Gasteiger partial charge in [-0.1, -0.05) is 12.1 Å². The van der Waals surface area contributed by atoms with E-state index >= 15 is 0 Å². The molecule has 0 aromatic heterocycles. The lowest BCUT2D eigenvalue weighted by molar-refractivity contribution is -0.0328. The summed E-state index contributed by atoms with van der Waals surface area (Å²) < 4.78 is 36.0. The summed E-state index contributed by atoms with van der Waals surface area (Å²) in [6.45, 7) is 0. The minimum atomic E-state index is -4.41. The molecule has 0 unspecified atom stereocenters. The van der Waals surface area contributed by atoms with Crippen molar-refractivity contribution in [2.75, 3.05) is 0 Å². The molecule has 0 radical (unpaired) electrons. The van der Waals surface area contributed by atoms with Gasteiger partial charge in [-0.2, -0.15) is 13.2 Å². The molecule has 0 aliphatic rings. The van der Waals surface area contributed by atoms with E-state index in [1.807, 2.05) is 0 Å². The summed E-state index contributed by atoms with van der Waals surface area (Å²) in [6.07, 6.45) is 0. The SMILES string of the molecule is O=C(Cl)c1ccccc1SC(F)(F)F. The molecular formula is C8H4ClF3OS. The van der Waals surface area contributed by atoms with Crippen LogP contribution in [-0.2, 0) is 0 Å². The van der Waals surface area contributed by atoms with Crippen LogP contribution < -0.4 is 0 Å². The first kappa shape index (κ1) is 11.4. The van der Waals surface area contributed by atoms with Crippen LogP contribution in [0, 0.1) is 0 Å². The quantitative estimate of drug-likeness (QED) is 0.579. The molecule has 0 saturated heterocycles. The highest BCUT2D eigenvalue weighted by Crippen LogP contribution is 2.38. The average molecular weight is 241 g/mol. The normalized spacial score (nSPS) is 11.4. The summed E-state index contributed by atoms with van der Waals surface area (Å²) in [7, 11) is 0. The molecule has 0 amide bonds. The number of thioether (sulfide) groups is 1. The van der Waals surface area contributed by atoms with Crippen LogP contribution >= 0.6 is 23.4 Å². The number of hydrogen-bond donors (Lipinski definition) is 0. The second-order valence-electron chi connectivity index (χ2n) is 2.32. The van der Waals surface area contributed by atoms with Gasteiger partial charge in [0.05, 0.1) is 0 Å². The first-order valence-electron chi connectivity index (χ1n) is 3.45. The molecule has 0 bridgehead atoms. The number of carbonyl (C=O) groups is 1. The number of benzene rings is 1. The van der Waals surface area contributed by atoms with Crippen molar-refractivity contribution in [3.8, 4) is 0 Å². The second kappa shape index (κ2) is 4.23. The third-order valence-corrected chi connectivity index (χ3v) is 2.34. The van der Waals surface area contributed by atoms with Crippen LogP contribution in [0.5, 0.6) is 0 Å². The van der Waals surface area contributed by atoms with Crippen molar-refractivity contribution in [3.63, 3.8) is 0 Å². The van der Waals surface area contributed by atoms with E-state index < -0.39 is 10.8 Å². The fourth-order valence-electron chi connectivity index (χ4n) is 0.843. The number of carbonyl (C=O) groups excluding carboxylic acids is 1. The minimum absolute atomic E-state index is 0.128. The highest BCUT2D eigenvalue weighted by Gasteiger charge is 2.30. The monoisotopic (exact) mass is 240 g/mol. The molecule has 0 N–H and O–H groups in total. The van der Waals surface area contributed by atoms with Gasteiger partial charge in [0.15, 0.2) is 0 Å². The van der Waals surface area contributed by atoms with Gasteiger partial charge in [0, 0.05) is 10.5 Å². The predicted molar refractivity (Wildman–Crippen MR) is 48.5 cm³/mol. The molecule has 0 aliphatic heterocycles. The van der Waals surface area contributed by atoms with E-state index in [1.165, 1.54) is 24.3 Å². The Balaban J connectivity index is 3.02. The van der Waals surface area contributed by atoms with E-state index in [0.29, 0.717) is 0 Å². The van der Waals surface area contributed by atoms with Gasteiger partial charge >= 0.3 is 5.51 Å². The van der Waals surface area contributed by atoms with Crippen molar-refractivity contribution in [2.24, 2.45) is 0 Å². The molecule has 1 aromatic carbocycles. The minimum Gasteiger partial charge on any atom is -0.276 e. The molecule has 76 valence electrons. The maximum Gasteiger partial charge on any atom is 0.446 e. The summed E-state index contributed by atoms with van der Waals surface area (Å²) in [5.74, 6) is 0. The highest BCUT2D eigenvalue weighted by atomic mass is 35.5. The average Bonchev–Trinajstić information content (AvgIpc) is 2.01. The van der Waals surface area contributed by atoms with Gasteiger partial charge < -0.3 is 0 Å². The Hall–Kier alpha value is -0.680. The Labute approximate surface area is 87.2 Å². The van der Waals surface area contributed by atoms with Gasteiger partial charge in [-0.15, -0.1) is 0 Å². The Morgan fingerprint density at radius 3 is 2.36 bits per heavy atom. The van der Waals surface area contributed by atoms with Crippen molar-refractivity contribution in [1.82, 2.24) is 0 Å². The molecule has 0 fully saturated rings. The Morgan fingerprint density at radius 2 is 1.86 bits per heavy atom. The Bertz CT molecular complexity index is 351. The smallest absolute Gasteiger partial charge is 0.276 e. The van der Waals surface area contributed by atoms with Gasteiger partial charge in [0.1, 0.15) is 0 Å². The lowest BCUT2D eigenvalue weighted by Crippen LogP contribution is -2.02. The van der Waals surface area contributed by atoms with Crippen molar-refractivity contribution < 1.29 is 18.0 Å². The molecule has 1 aromatic rings. The van der Waals surface area contributed by atoms with Gasteiger partial charge in [0.25, 0.3) is 5.24 Å². The largest absolute Gasteiger partial charge is 0.446 e. The first-order valence-corrected chi connectivity index (χ1v) is 4.64. The first-order chi connectivity index (χ1) is 6.40. The summed E-state index contributed by atoms with van der Waals surface area (Å²) in [6, 6.07) is 5.32. The van der Waals surface area contributed by atoms with E-state index in [1.54, 1.807) is 0 Å². The van der Waals surface area contributed by atoms with Crippen molar-refractivity contribution >= 4 is 28.6 Å².